The number of benzene rings is 1. The number of anilines is 2. The SMILES string of the molecule is COc1ccc(OC)c(/C=C/C(=O)Nc2ccc(NC(C)C)nc2)c1. The van der Waals surface area contributed by atoms with E-state index in [9.17, 15) is 4.79 Å². The van der Waals surface area contributed by atoms with Crippen LogP contribution in [0.2, 0.25) is 0 Å². The summed E-state index contributed by atoms with van der Waals surface area (Å²) in [6, 6.07) is 9.32. The van der Waals surface area contributed by atoms with Crippen LogP contribution in [0.4, 0.5) is 11.5 Å². The molecular formula is C19H23N3O3. The van der Waals surface area contributed by atoms with Crippen molar-refractivity contribution >= 4 is 23.5 Å². The van der Waals surface area contributed by atoms with Crippen molar-refractivity contribution in [2.24, 2.45) is 0 Å². The average Bonchev–Trinajstić information content (AvgIpc) is 2.61. The van der Waals surface area contributed by atoms with E-state index in [1.165, 1.54) is 6.08 Å². The van der Waals surface area contributed by atoms with Gasteiger partial charge in [-0.15, -0.1) is 0 Å². The van der Waals surface area contributed by atoms with Gasteiger partial charge < -0.3 is 20.1 Å². The highest BCUT2D eigenvalue weighted by molar-refractivity contribution is 6.02. The van der Waals surface area contributed by atoms with Gasteiger partial charge in [0, 0.05) is 17.7 Å². The Morgan fingerprint density at radius 2 is 1.96 bits per heavy atom. The van der Waals surface area contributed by atoms with Crippen molar-refractivity contribution in [2.75, 3.05) is 24.9 Å². The fourth-order valence-corrected chi connectivity index (χ4v) is 2.17. The molecule has 0 bridgehead atoms. The van der Waals surface area contributed by atoms with E-state index in [1.54, 1.807) is 50.8 Å². The molecule has 2 N–H and O–H groups in total. The number of methoxy groups -OCH3 is 2. The Morgan fingerprint density at radius 3 is 2.56 bits per heavy atom. The van der Waals surface area contributed by atoms with Gasteiger partial charge in [0.1, 0.15) is 17.3 Å². The van der Waals surface area contributed by atoms with Crippen molar-refractivity contribution in [1.29, 1.82) is 0 Å². The summed E-state index contributed by atoms with van der Waals surface area (Å²) in [5.41, 5.74) is 1.38. The number of ether oxygens (including phenoxy) is 2. The predicted molar refractivity (Wildman–Crippen MR) is 100 cm³/mol. The van der Waals surface area contributed by atoms with Gasteiger partial charge in [-0.25, -0.2) is 4.98 Å². The molecule has 2 rings (SSSR count). The maximum absolute atomic E-state index is 12.1. The quantitative estimate of drug-likeness (QED) is 0.753. The molecule has 25 heavy (non-hydrogen) atoms. The summed E-state index contributed by atoms with van der Waals surface area (Å²) in [4.78, 5) is 16.3. The van der Waals surface area contributed by atoms with Crippen molar-refractivity contribution in [1.82, 2.24) is 4.98 Å². The maximum Gasteiger partial charge on any atom is 0.248 e. The van der Waals surface area contributed by atoms with Gasteiger partial charge in [-0.1, -0.05) is 0 Å². The van der Waals surface area contributed by atoms with E-state index in [-0.39, 0.29) is 5.91 Å². The molecule has 0 atom stereocenters. The lowest BCUT2D eigenvalue weighted by Crippen LogP contribution is -2.12. The first kappa shape index (κ1) is 18.3. The van der Waals surface area contributed by atoms with Crippen LogP contribution in [-0.2, 0) is 4.79 Å². The third-order valence-corrected chi connectivity index (χ3v) is 3.32. The third kappa shape index (κ3) is 5.53. The highest BCUT2D eigenvalue weighted by atomic mass is 16.5. The first-order chi connectivity index (χ1) is 12.0. The monoisotopic (exact) mass is 341 g/mol. The summed E-state index contributed by atoms with van der Waals surface area (Å²) in [6.07, 6.45) is 4.74. The molecule has 0 fully saturated rings. The molecule has 0 saturated heterocycles. The van der Waals surface area contributed by atoms with Gasteiger partial charge in [-0.05, 0) is 50.3 Å². The summed E-state index contributed by atoms with van der Waals surface area (Å²) in [7, 11) is 3.17. The minimum Gasteiger partial charge on any atom is -0.497 e. The fraction of sp³-hybridized carbons (Fsp3) is 0.263. The lowest BCUT2D eigenvalue weighted by atomic mass is 10.1. The van der Waals surface area contributed by atoms with Crippen LogP contribution in [0, 0.1) is 0 Å². The molecule has 0 aliphatic heterocycles. The minimum absolute atomic E-state index is 0.253. The summed E-state index contributed by atoms with van der Waals surface area (Å²) in [5.74, 6) is 1.87. The topological polar surface area (TPSA) is 72.5 Å². The van der Waals surface area contributed by atoms with Crippen LogP contribution in [0.15, 0.2) is 42.6 Å². The molecule has 1 amide bonds. The van der Waals surface area contributed by atoms with Gasteiger partial charge in [0.25, 0.3) is 0 Å². The summed E-state index contributed by atoms with van der Waals surface area (Å²) in [6.45, 7) is 4.07. The van der Waals surface area contributed by atoms with E-state index in [2.05, 4.69) is 15.6 Å². The number of rotatable bonds is 7. The maximum atomic E-state index is 12.1. The molecule has 6 heteroatoms. The molecule has 2 aromatic rings. The number of amides is 1. The standard InChI is InChI=1S/C19H23N3O3/c1-13(2)21-18-9-6-15(12-20-18)22-19(23)10-5-14-11-16(24-3)7-8-17(14)25-4/h5-13H,1-4H3,(H,20,21)(H,22,23)/b10-5+. The molecule has 0 unspecified atom stereocenters. The van der Waals surface area contributed by atoms with Crippen molar-refractivity contribution in [3.8, 4) is 11.5 Å². The Balaban J connectivity index is 2.03. The van der Waals surface area contributed by atoms with Crippen molar-refractivity contribution in [2.45, 2.75) is 19.9 Å². The Labute approximate surface area is 147 Å². The summed E-state index contributed by atoms with van der Waals surface area (Å²) >= 11 is 0. The number of pyridine rings is 1. The van der Waals surface area contributed by atoms with Gasteiger partial charge in [0.15, 0.2) is 0 Å². The molecule has 0 spiro atoms. The zero-order valence-electron chi connectivity index (χ0n) is 14.9. The smallest absolute Gasteiger partial charge is 0.248 e. The van der Waals surface area contributed by atoms with Crippen LogP contribution in [0.1, 0.15) is 19.4 Å². The second-order valence-electron chi connectivity index (χ2n) is 5.66. The molecule has 0 radical (unpaired) electrons. The van der Waals surface area contributed by atoms with Crippen molar-refractivity contribution < 1.29 is 14.3 Å². The van der Waals surface area contributed by atoms with Crippen LogP contribution in [-0.4, -0.2) is 31.2 Å². The van der Waals surface area contributed by atoms with Gasteiger partial charge in [0.2, 0.25) is 5.91 Å². The van der Waals surface area contributed by atoms with Gasteiger partial charge in [-0.3, -0.25) is 4.79 Å². The van der Waals surface area contributed by atoms with Crippen molar-refractivity contribution in [3.63, 3.8) is 0 Å². The highest BCUT2D eigenvalue weighted by Crippen LogP contribution is 2.25. The summed E-state index contributed by atoms with van der Waals surface area (Å²) < 4.78 is 10.5. The van der Waals surface area contributed by atoms with Gasteiger partial charge >= 0.3 is 0 Å². The lowest BCUT2D eigenvalue weighted by Gasteiger charge is -2.09. The number of carbonyl (C=O) groups excluding carboxylic acids is 1. The van der Waals surface area contributed by atoms with E-state index in [0.717, 1.165) is 11.4 Å². The van der Waals surface area contributed by atoms with Crippen LogP contribution in [0.5, 0.6) is 11.5 Å². The molecule has 1 heterocycles. The number of hydrogen-bond acceptors (Lipinski definition) is 5. The second kappa shape index (κ2) is 8.73. The fourth-order valence-electron chi connectivity index (χ4n) is 2.17. The molecular weight excluding hydrogens is 318 g/mol. The third-order valence-electron chi connectivity index (χ3n) is 3.32. The first-order valence-electron chi connectivity index (χ1n) is 7.95. The molecule has 1 aromatic carbocycles. The predicted octanol–water partition coefficient (Wildman–Crippen LogP) is 3.57. The molecule has 1 aromatic heterocycles. The minimum atomic E-state index is -0.253. The Bertz CT molecular complexity index is 740. The molecule has 6 nitrogen and oxygen atoms in total. The average molecular weight is 341 g/mol. The van der Waals surface area contributed by atoms with Crippen molar-refractivity contribution in [3.05, 3.63) is 48.2 Å². The van der Waals surface area contributed by atoms with Crippen LogP contribution < -0.4 is 20.1 Å². The molecule has 132 valence electrons. The van der Waals surface area contributed by atoms with E-state index in [1.807, 2.05) is 19.9 Å². The van der Waals surface area contributed by atoms with Crippen LogP contribution in [0.3, 0.4) is 0 Å². The van der Waals surface area contributed by atoms with E-state index in [0.29, 0.717) is 23.2 Å². The lowest BCUT2D eigenvalue weighted by molar-refractivity contribution is -0.111. The van der Waals surface area contributed by atoms with Gasteiger partial charge in [-0.2, -0.15) is 0 Å². The Morgan fingerprint density at radius 1 is 1.16 bits per heavy atom. The zero-order chi connectivity index (χ0) is 18.2. The number of carbonyl (C=O) groups is 1. The zero-order valence-corrected chi connectivity index (χ0v) is 14.9. The molecule has 0 aliphatic rings. The number of hydrogen-bond donors (Lipinski definition) is 2. The largest absolute Gasteiger partial charge is 0.497 e. The number of nitrogens with one attached hydrogen (secondary N) is 2. The number of aromatic nitrogens is 1. The van der Waals surface area contributed by atoms with Crippen LogP contribution in [0.25, 0.3) is 6.08 Å². The highest BCUT2D eigenvalue weighted by Gasteiger charge is 2.04. The Hall–Kier alpha value is -3.02. The molecule has 0 aliphatic carbocycles. The second-order valence-corrected chi connectivity index (χ2v) is 5.66. The van der Waals surface area contributed by atoms with Crippen LogP contribution >= 0.6 is 0 Å². The van der Waals surface area contributed by atoms with E-state index >= 15 is 0 Å². The molecule has 0 saturated carbocycles. The Kier molecular flexibility index (Phi) is 6.39. The first-order valence-corrected chi connectivity index (χ1v) is 7.95. The summed E-state index contributed by atoms with van der Waals surface area (Å²) in [5, 5.41) is 5.96. The van der Waals surface area contributed by atoms with E-state index < -0.39 is 0 Å². The number of nitrogens with zero attached hydrogens (tertiary/aromatic N) is 1. The van der Waals surface area contributed by atoms with Gasteiger partial charge in [0.05, 0.1) is 26.1 Å². The normalized spacial score (nSPS) is 10.8. The van der Waals surface area contributed by atoms with E-state index in [4.69, 9.17) is 9.47 Å².